The molecule has 0 atom stereocenters. The third-order valence-corrected chi connectivity index (χ3v) is 5.13. The standard InChI is InChI=1S/C21H22ClN3O/c1-3-25(4-2)11-12-26-21-16-10-9-14(22)13-18(16)24-19-15-7-5-6-8-17(15)23-20(19)21/h5-10,13,23H,3-4,11-12H2,1-2H3. The van der Waals surface area contributed by atoms with E-state index in [-0.39, 0.29) is 0 Å². The normalized spacial score (nSPS) is 11.8. The zero-order valence-electron chi connectivity index (χ0n) is 15.1. The third-order valence-electron chi connectivity index (χ3n) is 4.89. The van der Waals surface area contributed by atoms with Crippen molar-refractivity contribution in [2.24, 2.45) is 0 Å². The molecule has 0 bridgehead atoms. The minimum atomic E-state index is 0.633. The number of hydrogen-bond donors (Lipinski definition) is 1. The second kappa shape index (κ2) is 7.14. The summed E-state index contributed by atoms with van der Waals surface area (Å²) in [6.45, 7) is 7.91. The van der Waals surface area contributed by atoms with Crippen LogP contribution in [0.1, 0.15) is 13.8 Å². The van der Waals surface area contributed by atoms with Crippen LogP contribution >= 0.6 is 11.6 Å². The van der Waals surface area contributed by atoms with Crippen LogP contribution in [0.5, 0.6) is 5.75 Å². The molecule has 4 aromatic rings. The van der Waals surface area contributed by atoms with Gasteiger partial charge in [0.15, 0.2) is 5.75 Å². The van der Waals surface area contributed by atoms with Gasteiger partial charge in [-0.2, -0.15) is 0 Å². The molecule has 5 heteroatoms. The number of nitrogens with zero attached hydrogens (tertiary/aromatic N) is 2. The Kier molecular flexibility index (Phi) is 4.70. The number of ether oxygens (including phenoxy) is 1. The van der Waals surface area contributed by atoms with Gasteiger partial charge in [-0.3, -0.25) is 0 Å². The Morgan fingerprint density at radius 1 is 1.08 bits per heavy atom. The maximum atomic E-state index is 6.28. The molecule has 0 fully saturated rings. The van der Waals surface area contributed by atoms with Gasteiger partial charge in [0.2, 0.25) is 0 Å². The van der Waals surface area contributed by atoms with Crippen molar-refractivity contribution in [3.05, 3.63) is 47.5 Å². The van der Waals surface area contributed by atoms with E-state index in [4.69, 9.17) is 21.3 Å². The van der Waals surface area contributed by atoms with Crippen LogP contribution in [0.4, 0.5) is 0 Å². The Morgan fingerprint density at radius 3 is 2.69 bits per heavy atom. The van der Waals surface area contributed by atoms with Gasteiger partial charge in [0.25, 0.3) is 0 Å². The largest absolute Gasteiger partial charge is 0.489 e. The fourth-order valence-electron chi connectivity index (χ4n) is 3.42. The van der Waals surface area contributed by atoms with E-state index in [0.29, 0.717) is 11.6 Å². The summed E-state index contributed by atoms with van der Waals surface area (Å²) in [6, 6.07) is 14.0. The summed E-state index contributed by atoms with van der Waals surface area (Å²) in [5.41, 5.74) is 3.78. The van der Waals surface area contributed by atoms with Crippen molar-refractivity contribution >= 4 is 44.4 Å². The number of H-pyrrole nitrogens is 1. The van der Waals surface area contributed by atoms with E-state index in [1.54, 1.807) is 0 Å². The van der Waals surface area contributed by atoms with Gasteiger partial charge in [0.1, 0.15) is 17.6 Å². The van der Waals surface area contributed by atoms with E-state index in [1.165, 1.54) is 0 Å². The molecular formula is C21H22ClN3O. The first-order valence-corrected chi connectivity index (χ1v) is 9.44. The van der Waals surface area contributed by atoms with Gasteiger partial charge >= 0.3 is 0 Å². The summed E-state index contributed by atoms with van der Waals surface area (Å²) >= 11 is 6.20. The fourth-order valence-corrected chi connectivity index (χ4v) is 3.58. The molecule has 0 saturated carbocycles. The van der Waals surface area contributed by atoms with Crippen molar-refractivity contribution in [1.29, 1.82) is 0 Å². The molecule has 0 amide bonds. The maximum absolute atomic E-state index is 6.28. The van der Waals surface area contributed by atoms with E-state index >= 15 is 0 Å². The minimum absolute atomic E-state index is 0.633. The van der Waals surface area contributed by atoms with E-state index in [9.17, 15) is 0 Å². The molecule has 0 aliphatic carbocycles. The van der Waals surface area contributed by atoms with E-state index in [1.807, 2.05) is 30.3 Å². The molecule has 0 saturated heterocycles. The highest BCUT2D eigenvalue weighted by atomic mass is 35.5. The number of rotatable bonds is 6. The molecule has 0 aliphatic rings. The first-order chi connectivity index (χ1) is 12.7. The molecule has 1 N–H and O–H groups in total. The summed E-state index contributed by atoms with van der Waals surface area (Å²) in [5, 5.41) is 2.75. The van der Waals surface area contributed by atoms with Crippen molar-refractivity contribution in [3.63, 3.8) is 0 Å². The SMILES string of the molecule is CCN(CC)CCOc1c2ccc(Cl)cc2nc2c1[nH]c1ccccc12. The maximum Gasteiger partial charge on any atom is 0.154 e. The number of hydrogen-bond acceptors (Lipinski definition) is 3. The predicted molar refractivity (Wildman–Crippen MR) is 109 cm³/mol. The highest BCUT2D eigenvalue weighted by Gasteiger charge is 2.15. The molecule has 134 valence electrons. The van der Waals surface area contributed by atoms with Gasteiger partial charge in [-0.05, 0) is 37.4 Å². The molecule has 26 heavy (non-hydrogen) atoms. The minimum Gasteiger partial charge on any atom is -0.489 e. The second-order valence-electron chi connectivity index (χ2n) is 6.37. The molecule has 0 radical (unpaired) electrons. The summed E-state index contributed by atoms with van der Waals surface area (Å²) in [7, 11) is 0. The van der Waals surface area contributed by atoms with Crippen LogP contribution in [0.15, 0.2) is 42.5 Å². The molecule has 2 heterocycles. The number of aromatic amines is 1. The second-order valence-corrected chi connectivity index (χ2v) is 6.81. The van der Waals surface area contributed by atoms with Crippen LogP contribution in [0.25, 0.3) is 32.8 Å². The van der Waals surface area contributed by atoms with Crippen LogP contribution in [0, 0.1) is 0 Å². The number of nitrogens with one attached hydrogen (secondary N) is 1. The monoisotopic (exact) mass is 367 g/mol. The van der Waals surface area contributed by atoms with Crippen molar-refractivity contribution in [1.82, 2.24) is 14.9 Å². The number of pyridine rings is 1. The molecule has 0 aliphatic heterocycles. The number of halogens is 1. The van der Waals surface area contributed by atoms with Gasteiger partial charge in [0.05, 0.1) is 5.52 Å². The van der Waals surface area contributed by atoms with Gasteiger partial charge in [0, 0.05) is 27.9 Å². The highest BCUT2D eigenvalue weighted by molar-refractivity contribution is 6.31. The number of aromatic nitrogens is 2. The van der Waals surface area contributed by atoms with E-state index in [2.05, 4.69) is 35.9 Å². The quantitative estimate of drug-likeness (QED) is 0.506. The Morgan fingerprint density at radius 2 is 1.88 bits per heavy atom. The summed E-state index contributed by atoms with van der Waals surface area (Å²) < 4.78 is 6.28. The first kappa shape index (κ1) is 17.1. The lowest BCUT2D eigenvalue weighted by Crippen LogP contribution is -2.28. The van der Waals surface area contributed by atoms with E-state index < -0.39 is 0 Å². The van der Waals surface area contributed by atoms with Crippen LogP contribution in [0.3, 0.4) is 0 Å². The molecule has 2 aromatic heterocycles. The van der Waals surface area contributed by atoms with E-state index in [0.717, 1.165) is 58.2 Å². The number of benzene rings is 2. The van der Waals surface area contributed by atoms with Crippen LogP contribution in [0.2, 0.25) is 5.02 Å². The molecule has 4 nitrogen and oxygen atoms in total. The lowest BCUT2D eigenvalue weighted by atomic mass is 10.1. The lowest BCUT2D eigenvalue weighted by molar-refractivity contribution is 0.225. The zero-order chi connectivity index (χ0) is 18.1. The number of likely N-dealkylation sites (N-methyl/N-ethyl adjacent to an activating group) is 1. The number of fused-ring (bicyclic) bond motifs is 4. The lowest BCUT2D eigenvalue weighted by Gasteiger charge is -2.18. The van der Waals surface area contributed by atoms with Crippen molar-refractivity contribution in [3.8, 4) is 5.75 Å². The Labute approximate surface area is 157 Å². The number of para-hydroxylation sites is 1. The van der Waals surface area contributed by atoms with Crippen molar-refractivity contribution in [2.75, 3.05) is 26.2 Å². The topological polar surface area (TPSA) is 41.1 Å². The van der Waals surface area contributed by atoms with Crippen LogP contribution in [-0.2, 0) is 0 Å². The third kappa shape index (κ3) is 3.00. The average molecular weight is 368 g/mol. The Bertz CT molecular complexity index is 1070. The van der Waals surface area contributed by atoms with Gasteiger partial charge in [-0.1, -0.05) is 43.6 Å². The van der Waals surface area contributed by atoms with Gasteiger partial charge in [-0.25, -0.2) is 4.98 Å². The fraction of sp³-hybridized carbons (Fsp3) is 0.286. The Hall–Kier alpha value is -2.30. The van der Waals surface area contributed by atoms with Crippen molar-refractivity contribution in [2.45, 2.75) is 13.8 Å². The van der Waals surface area contributed by atoms with Crippen LogP contribution < -0.4 is 4.74 Å². The average Bonchev–Trinajstić information content (AvgIpc) is 3.03. The Balaban J connectivity index is 1.86. The summed E-state index contributed by atoms with van der Waals surface area (Å²) in [6.07, 6.45) is 0. The molecule has 4 rings (SSSR count). The highest BCUT2D eigenvalue weighted by Crippen LogP contribution is 2.37. The first-order valence-electron chi connectivity index (χ1n) is 9.06. The molecule has 0 unspecified atom stereocenters. The van der Waals surface area contributed by atoms with Gasteiger partial charge < -0.3 is 14.6 Å². The summed E-state index contributed by atoms with van der Waals surface area (Å²) in [4.78, 5) is 10.7. The zero-order valence-corrected chi connectivity index (χ0v) is 15.8. The molecule has 0 spiro atoms. The predicted octanol–water partition coefficient (Wildman–Crippen LogP) is 5.24. The smallest absolute Gasteiger partial charge is 0.154 e. The van der Waals surface area contributed by atoms with Crippen molar-refractivity contribution < 1.29 is 4.74 Å². The molecule has 2 aromatic carbocycles. The summed E-state index contributed by atoms with van der Waals surface area (Å²) in [5.74, 6) is 0.852. The van der Waals surface area contributed by atoms with Crippen LogP contribution in [-0.4, -0.2) is 41.1 Å². The van der Waals surface area contributed by atoms with Gasteiger partial charge in [-0.15, -0.1) is 0 Å². The molecular weight excluding hydrogens is 346 g/mol.